The number of amides is 2. The Morgan fingerprint density at radius 2 is 2.38 bits per heavy atom. The van der Waals surface area contributed by atoms with Crippen molar-refractivity contribution in [2.45, 2.75) is 19.5 Å². The number of carbonyl (C=O) groups excluding carboxylic acids is 1. The van der Waals surface area contributed by atoms with Gasteiger partial charge >= 0.3 is 12.0 Å². The SMILES string of the molecule is CC(C(=O)O)N(C)C(=O)NCc1cn[nH]c1. The van der Waals surface area contributed by atoms with Crippen molar-refractivity contribution < 1.29 is 14.7 Å². The highest BCUT2D eigenvalue weighted by molar-refractivity contribution is 5.82. The third-order valence-electron chi connectivity index (χ3n) is 2.26. The van der Waals surface area contributed by atoms with E-state index in [-0.39, 0.29) is 0 Å². The number of nitrogens with one attached hydrogen (secondary N) is 2. The van der Waals surface area contributed by atoms with Crippen molar-refractivity contribution in [3.8, 4) is 0 Å². The molecule has 0 fully saturated rings. The molecule has 1 rings (SSSR count). The fourth-order valence-corrected chi connectivity index (χ4v) is 1.02. The largest absolute Gasteiger partial charge is 0.480 e. The maximum Gasteiger partial charge on any atom is 0.326 e. The Bertz CT molecular complexity index is 363. The number of rotatable bonds is 4. The Morgan fingerprint density at radius 3 is 2.88 bits per heavy atom. The second-order valence-electron chi connectivity index (χ2n) is 3.39. The molecule has 0 saturated heterocycles. The summed E-state index contributed by atoms with van der Waals surface area (Å²) in [5.74, 6) is -1.04. The average molecular weight is 226 g/mol. The highest BCUT2D eigenvalue weighted by atomic mass is 16.4. The first kappa shape index (κ1) is 12.0. The standard InChI is InChI=1S/C9H14N4O3/c1-6(8(14)15)13(2)9(16)10-3-7-4-11-12-5-7/h4-6H,3H2,1-2H3,(H,10,16)(H,11,12)(H,14,15). The summed E-state index contributed by atoms with van der Waals surface area (Å²) in [6.45, 7) is 1.76. The fraction of sp³-hybridized carbons (Fsp3) is 0.444. The normalized spacial score (nSPS) is 11.9. The molecule has 2 amide bonds. The average Bonchev–Trinajstić information content (AvgIpc) is 2.76. The highest BCUT2D eigenvalue weighted by Crippen LogP contribution is 1.98. The smallest absolute Gasteiger partial charge is 0.326 e. The molecule has 88 valence electrons. The van der Waals surface area contributed by atoms with E-state index in [9.17, 15) is 9.59 Å². The number of carboxylic acids is 1. The van der Waals surface area contributed by atoms with Crippen LogP contribution in [0.1, 0.15) is 12.5 Å². The Hall–Kier alpha value is -2.05. The van der Waals surface area contributed by atoms with Crippen LogP contribution in [0.4, 0.5) is 4.79 Å². The van der Waals surface area contributed by atoms with Gasteiger partial charge < -0.3 is 15.3 Å². The maximum absolute atomic E-state index is 11.5. The van der Waals surface area contributed by atoms with Gasteiger partial charge in [-0.3, -0.25) is 5.10 Å². The van der Waals surface area contributed by atoms with E-state index in [2.05, 4.69) is 15.5 Å². The monoisotopic (exact) mass is 226 g/mol. The van der Waals surface area contributed by atoms with Gasteiger partial charge in [0.05, 0.1) is 6.20 Å². The van der Waals surface area contributed by atoms with Crippen molar-refractivity contribution in [1.29, 1.82) is 0 Å². The Balaban J connectivity index is 2.43. The van der Waals surface area contributed by atoms with Gasteiger partial charge in [0.15, 0.2) is 0 Å². The van der Waals surface area contributed by atoms with Gasteiger partial charge in [-0.05, 0) is 6.92 Å². The number of H-pyrrole nitrogens is 1. The zero-order valence-corrected chi connectivity index (χ0v) is 9.10. The molecule has 0 spiro atoms. The molecule has 0 aliphatic heterocycles. The summed E-state index contributed by atoms with van der Waals surface area (Å²) in [6, 6.07) is -1.29. The number of urea groups is 1. The quantitative estimate of drug-likeness (QED) is 0.674. The molecular weight excluding hydrogens is 212 g/mol. The minimum absolute atomic E-state index is 0.312. The van der Waals surface area contributed by atoms with Gasteiger partial charge in [0.25, 0.3) is 0 Å². The molecule has 7 nitrogen and oxygen atoms in total. The molecule has 3 N–H and O–H groups in total. The molecule has 7 heteroatoms. The zero-order valence-electron chi connectivity index (χ0n) is 9.10. The third kappa shape index (κ3) is 2.97. The van der Waals surface area contributed by atoms with Gasteiger partial charge in [-0.2, -0.15) is 5.10 Å². The maximum atomic E-state index is 11.5. The van der Waals surface area contributed by atoms with E-state index < -0.39 is 18.0 Å². The number of carbonyl (C=O) groups is 2. The summed E-state index contributed by atoms with van der Waals surface area (Å²) in [7, 11) is 1.43. The second-order valence-corrected chi connectivity index (χ2v) is 3.39. The van der Waals surface area contributed by atoms with Crippen molar-refractivity contribution in [2.24, 2.45) is 0 Å². The minimum atomic E-state index is -1.04. The summed E-state index contributed by atoms with van der Waals surface area (Å²) in [5, 5.41) is 17.6. The zero-order chi connectivity index (χ0) is 12.1. The van der Waals surface area contributed by atoms with Crippen LogP contribution >= 0.6 is 0 Å². The van der Waals surface area contributed by atoms with Crippen molar-refractivity contribution in [3.63, 3.8) is 0 Å². The van der Waals surface area contributed by atoms with E-state index in [1.54, 1.807) is 12.4 Å². The van der Waals surface area contributed by atoms with E-state index in [1.807, 2.05) is 0 Å². The Morgan fingerprint density at radius 1 is 1.69 bits per heavy atom. The first-order valence-electron chi connectivity index (χ1n) is 4.73. The van der Waals surface area contributed by atoms with Crippen molar-refractivity contribution >= 4 is 12.0 Å². The molecule has 0 radical (unpaired) electrons. The summed E-state index contributed by atoms with van der Waals surface area (Å²) in [6.07, 6.45) is 3.24. The van der Waals surface area contributed by atoms with Crippen molar-refractivity contribution in [3.05, 3.63) is 18.0 Å². The Kier molecular flexibility index (Phi) is 3.87. The predicted octanol–water partition coefficient (Wildman–Crippen LogP) is 0.0242. The van der Waals surface area contributed by atoms with Gasteiger partial charge in [-0.15, -0.1) is 0 Å². The molecule has 1 atom stereocenters. The molecule has 1 heterocycles. The minimum Gasteiger partial charge on any atom is -0.480 e. The summed E-state index contributed by atoms with van der Waals surface area (Å²) in [5.41, 5.74) is 0.824. The number of aromatic nitrogens is 2. The lowest BCUT2D eigenvalue weighted by molar-refractivity contribution is -0.141. The third-order valence-corrected chi connectivity index (χ3v) is 2.26. The summed E-state index contributed by atoms with van der Waals surface area (Å²) < 4.78 is 0. The van der Waals surface area contributed by atoms with Crippen LogP contribution in [0.2, 0.25) is 0 Å². The number of carboxylic acid groups (broad SMARTS) is 1. The number of likely N-dealkylation sites (N-methyl/N-ethyl adjacent to an activating group) is 1. The molecule has 1 aromatic rings. The first-order chi connectivity index (χ1) is 7.52. The number of hydrogen-bond donors (Lipinski definition) is 3. The Labute approximate surface area is 92.4 Å². The van der Waals surface area contributed by atoms with Gasteiger partial charge in [0.2, 0.25) is 0 Å². The number of aromatic amines is 1. The van der Waals surface area contributed by atoms with E-state index in [0.29, 0.717) is 6.54 Å². The highest BCUT2D eigenvalue weighted by Gasteiger charge is 2.21. The van der Waals surface area contributed by atoms with Crippen LogP contribution in [0.5, 0.6) is 0 Å². The molecule has 16 heavy (non-hydrogen) atoms. The topological polar surface area (TPSA) is 98.3 Å². The molecule has 1 aromatic heterocycles. The van der Waals surface area contributed by atoms with Crippen LogP contribution in [0.15, 0.2) is 12.4 Å². The van der Waals surface area contributed by atoms with E-state index in [4.69, 9.17) is 5.11 Å². The predicted molar refractivity (Wildman–Crippen MR) is 55.7 cm³/mol. The molecule has 0 aliphatic rings. The molecule has 0 saturated carbocycles. The fourth-order valence-electron chi connectivity index (χ4n) is 1.02. The number of hydrogen-bond acceptors (Lipinski definition) is 3. The van der Waals surface area contributed by atoms with Crippen LogP contribution in [0.3, 0.4) is 0 Å². The van der Waals surface area contributed by atoms with Crippen molar-refractivity contribution in [1.82, 2.24) is 20.4 Å². The molecule has 1 unspecified atom stereocenters. The number of aliphatic carboxylic acids is 1. The summed E-state index contributed by atoms with van der Waals surface area (Å²) >= 11 is 0. The van der Waals surface area contributed by atoms with Crippen LogP contribution in [0.25, 0.3) is 0 Å². The lowest BCUT2D eigenvalue weighted by Crippen LogP contribution is -2.45. The van der Waals surface area contributed by atoms with Crippen LogP contribution in [-0.2, 0) is 11.3 Å². The van der Waals surface area contributed by atoms with Crippen LogP contribution < -0.4 is 5.32 Å². The molecule has 0 aliphatic carbocycles. The van der Waals surface area contributed by atoms with E-state index in [1.165, 1.54) is 14.0 Å². The molecule has 0 aromatic carbocycles. The van der Waals surface area contributed by atoms with Crippen LogP contribution in [0, 0.1) is 0 Å². The van der Waals surface area contributed by atoms with Crippen molar-refractivity contribution in [2.75, 3.05) is 7.05 Å². The van der Waals surface area contributed by atoms with E-state index in [0.717, 1.165) is 10.5 Å². The second kappa shape index (κ2) is 5.15. The van der Waals surface area contributed by atoms with E-state index >= 15 is 0 Å². The van der Waals surface area contributed by atoms with Crippen LogP contribution in [-0.4, -0.2) is 45.3 Å². The first-order valence-corrected chi connectivity index (χ1v) is 4.73. The van der Waals surface area contributed by atoms with Gasteiger partial charge in [0.1, 0.15) is 6.04 Å². The molecular formula is C9H14N4O3. The lowest BCUT2D eigenvalue weighted by atomic mass is 10.3. The molecule has 0 bridgehead atoms. The van der Waals surface area contributed by atoms with Gasteiger partial charge in [0, 0.05) is 25.4 Å². The van der Waals surface area contributed by atoms with Gasteiger partial charge in [-0.1, -0.05) is 0 Å². The lowest BCUT2D eigenvalue weighted by Gasteiger charge is -2.21. The number of nitrogens with zero attached hydrogens (tertiary/aromatic N) is 2. The van der Waals surface area contributed by atoms with Gasteiger partial charge in [-0.25, -0.2) is 9.59 Å². The summed E-state index contributed by atoms with van der Waals surface area (Å²) in [4.78, 5) is 23.3.